The van der Waals surface area contributed by atoms with Gasteiger partial charge in [-0.25, -0.2) is 0 Å². The SMILES string of the molecule is O=C1C(=O)N(Cc2cccnc2)[C@H](c2ccncc2)/C1=C(\O)c1ccc2c(c1)OCCO2. The summed E-state index contributed by atoms with van der Waals surface area (Å²) in [4.78, 5) is 35.7. The van der Waals surface area contributed by atoms with Crippen molar-refractivity contribution in [2.75, 3.05) is 13.2 Å². The molecule has 4 heterocycles. The number of ether oxygens (including phenoxy) is 2. The van der Waals surface area contributed by atoms with Gasteiger partial charge in [-0.3, -0.25) is 19.6 Å². The quantitative estimate of drug-likeness (QED) is 0.387. The smallest absolute Gasteiger partial charge is 0.295 e. The Morgan fingerprint density at radius 3 is 2.53 bits per heavy atom. The van der Waals surface area contributed by atoms with E-state index in [4.69, 9.17) is 9.47 Å². The van der Waals surface area contributed by atoms with Crippen molar-refractivity contribution in [1.82, 2.24) is 14.9 Å². The van der Waals surface area contributed by atoms with Crippen molar-refractivity contribution in [2.45, 2.75) is 12.6 Å². The second kappa shape index (κ2) is 8.14. The van der Waals surface area contributed by atoms with Crippen molar-refractivity contribution in [2.24, 2.45) is 0 Å². The number of carbonyl (C=O) groups is 2. The first-order valence-electron chi connectivity index (χ1n) is 10.1. The van der Waals surface area contributed by atoms with Crippen molar-refractivity contribution in [3.05, 3.63) is 89.5 Å². The summed E-state index contributed by atoms with van der Waals surface area (Å²) in [6.45, 7) is 1.01. The highest BCUT2D eigenvalue weighted by molar-refractivity contribution is 6.46. The van der Waals surface area contributed by atoms with E-state index in [-0.39, 0.29) is 17.9 Å². The number of hydrogen-bond acceptors (Lipinski definition) is 7. The fourth-order valence-electron chi connectivity index (χ4n) is 3.97. The van der Waals surface area contributed by atoms with E-state index >= 15 is 0 Å². The van der Waals surface area contributed by atoms with Gasteiger partial charge in [-0.1, -0.05) is 6.07 Å². The predicted molar refractivity (Wildman–Crippen MR) is 114 cm³/mol. The minimum absolute atomic E-state index is 0.0155. The third-order valence-electron chi connectivity index (χ3n) is 5.45. The molecule has 1 amide bonds. The minimum Gasteiger partial charge on any atom is -0.507 e. The zero-order valence-corrected chi connectivity index (χ0v) is 17.0. The molecule has 2 aromatic heterocycles. The maximum absolute atomic E-state index is 13.1. The summed E-state index contributed by atoms with van der Waals surface area (Å²) in [6.07, 6.45) is 6.46. The number of aliphatic hydroxyl groups is 1. The number of aliphatic hydroxyl groups excluding tert-OH is 1. The van der Waals surface area contributed by atoms with E-state index in [1.54, 1.807) is 61.2 Å². The van der Waals surface area contributed by atoms with E-state index in [0.29, 0.717) is 35.8 Å². The van der Waals surface area contributed by atoms with Gasteiger partial charge < -0.3 is 19.5 Å². The molecule has 3 aromatic rings. The molecule has 1 atom stereocenters. The van der Waals surface area contributed by atoms with E-state index < -0.39 is 17.7 Å². The Balaban J connectivity index is 1.62. The maximum Gasteiger partial charge on any atom is 0.295 e. The Kier molecular flexibility index (Phi) is 5.03. The second-order valence-corrected chi connectivity index (χ2v) is 7.43. The lowest BCUT2D eigenvalue weighted by atomic mass is 9.95. The topological polar surface area (TPSA) is 102 Å². The van der Waals surface area contributed by atoms with Gasteiger partial charge in [-0.15, -0.1) is 0 Å². The van der Waals surface area contributed by atoms with Crippen LogP contribution in [0.15, 0.2) is 72.8 Å². The normalized spacial score (nSPS) is 19.2. The summed E-state index contributed by atoms with van der Waals surface area (Å²) in [5, 5.41) is 11.2. The highest BCUT2D eigenvalue weighted by atomic mass is 16.6. The van der Waals surface area contributed by atoms with Crippen LogP contribution in [0.25, 0.3) is 5.76 Å². The molecule has 1 saturated heterocycles. The van der Waals surface area contributed by atoms with Crippen LogP contribution in [0.3, 0.4) is 0 Å². The van der Waals surface area contributed by atoms with E-state index in [1.165, 1.54) is 4.90 Å². The Labute approximate surface area is 183 Å². The molecule has 32 heavy (non-hydrogen) atoms. The molecule has 8 heteroatoms. The number of rotatable bonds is 4. The van der Waals surface area contributed by atoms with Gasteiger partial charge in [0.1, 0.15) is 19.0 Å². The number of fused-ring (bicyclic) bond motifs is 1. The molecule has 1 fully saturated rings. The zero-order valence-electron chi connectivity index (χ0n) is 17.0. The molecule has 2 aliphatic heterocycles. The summed E-state index contributed by atoms with van der Waals surface area (Å²) in [6, 6.07) is 11.2. The largest absolute Gasteiger partial charge is 0.507 e. The molecule has 0 spiro atoms. The van der Waals surface area contributed by atoms with Crippen LogP contribution in [0.4, 0.5) is 0 Å². The summed E-state index contributed by atoms with van der Waals surface area (Å²) in [5.41, 5.74) is 1.82. The first-order chi connectivity index (χ1) is 15.6. The number of hydrogen-bond donors (Lipinski definition) is 1. The number of carbonyl (C=O) groups excluding carboxylic acids is 2. The number of likely N-dealkylation sites (tertiary alicyclic amines) is 1. The molecule has 8 nitrogen and oxygen atoms in total. The third kappa shape index (κ3) is 3.45. The number of pyridine rings is 2. The Bertz CT molecular complexity index is 1210. The van der Waals surface area contributed by atoms with Crippen LogP contribution in [0, 0.1) is 0 Å². The predicted octanol–water partition coefficient (Wildman–Crippen LogP) is 2.87. The molecule has 1 aromatic carbocycles. The number of nitrogens with zero attached hydrogens (tertiary/aromatic N) is 3. The molecule has 0 unspecified atom stereocenters. The maximum atomic E-state index is 13.1. The van der Waals surface area contributed by atoms with Crippen molar-refractivity contribution < 1.29 is 24.2 Å². The lowest BCUT2D eigenvalue weighted by Gasteiger charge is -2.25. The summed E-state index contributed by atoms with van der Waals surface area (Å²) < 4.78 is 11.1. The van der Waals surface area contributed by atoms with Gasteiger partial charge in [0.25, 0.3) is 11.7 Å². The van der Waals surface area contributed by atoms with Crippen LogP contribution in [0.2, 0.25) is 0 Å². The number of ketones is 1. The minimum atomic E-state index is -0.772. The van der Waals surface area contributed by atoms with Crippen LogP contribution >= 0.6 is 0 Å². The number of aromatic nitrogens is 2. The molecule has 160 valence electrons. The standard InChI is InChI=1S/C24H19N3O5/c28-22(17-3-4-18-19(12-17)32-11-10-31-18)20-21(16-5-8-25-9-6-16)27(24(30)23(20)29)14-15-2-1-7-26-13-15/h1-9,12-13,21,28H,10-11,14H2/b22-20+/t21-/m1/s1. The van der Waals surface area contributed by atoms with Gasteiger partial charge in [0.15, 0.2) is 11.5 Å². The second-order valence-electron chi connectivity index (χ2n) is 7.43. The highest BCUT2D eigenvalue weighted by Crippen LogP contribution is 2.41. The van der Waals surface area contributed by atoms with Crippen molar-refractivity contribution in [3.8, 4) is 11.5 Å². The zero-order chi connectivity index (χ0) is 22.1. The average molecular weight is 429 g/mol. The van der Waals surface area contributed by atoms with Crippen molar-refractivity contribution in [1.29, 1.82) is 0 Å². The molecule has 2 aliphatic rings. The first kappa shape index (κ1) is 19.7. The fourth-order valence-corrected chi connectivity index (χ4v) is 3.97. The summed E-state index contributed by atoms with van der Waals surface area (Å²) in [7, 11) is 0. The molecule has 5 rings (SSSR count). The number of amides is 1. The van der Waals surface area contributed by atoms with Gasteiger partial charge >= 0.3 is 0 Å². The van der Waals surface area contributed by atoms with E-state index in [2.05, 4.69) is 9.97 Å². The van der Waals surface area contributed by atoms with Gasteiger partial charge in [0, 0.05) is 36.9 Å². The Morgan fingerprint density at radius 1 is 1.00 bits per heavy atom. The molecular formula is C24H19N3O5. The molecule has 0 aliphatic carbocycles. The van der Waals surface area contributed by atoms with Gasteiger partial charge in [-0.2, -0.15) is 0 Å². The number of benzene rings is 1. The molecular weight excluding hydrogens is 410 g/mol. The van der Waals surface area contributed by atoms with Crippen LogP contribution in [-0.4, -0.2) is 44.9 Å². The Morgan fingerprint density at radius 2 is 1.78 bits per heavy atom. The van der Waals surface area contributed by atoms with Crippen LogP contribution in [0.1, 0.15) is 22.7 Å². The van der Waals surface area contributed by atoms with Crippen LogP contribution < -0.4 is 9.47 Å². The monoisotopic (exact) mass is 429 g/mol. The van der Waals surface area contributed by atoms with Crippen molar-refractivity contribution >= 4 is 17.4 Å². The van der Waals surface area contributed by atoms with Crippen molar-refractivity contribution in [3.63, 3.8) is 0 Å². The molecule has 1 N–H and O–H groups in total. The lowest BCUT2D eigenvalue weighted by molar-refractivity contribution is -0.140. The lowest BCUT2D eigenvalue weighted by Crippen LogP contribution is -2.29. The van der Waals surface area contributed by atoms with Crippen LogP contribution in [-0.2, 0) is 16.1 Å². The van der Waals surface area contributed by atoms with E-state index in [9.17, 15) is 14.7 Å². The summed E-state index contributed by atoms with van der Waals surface area (Å²) >= 11 is 0. The number of Topliss-reactive ketones (excluding diaryl/α,β-unsaturated/α-hetero) is 1. The average Bonchev–Trinajstić information content (AvgIpc) is 3.09. The third-order valence-corrected chi connectivity index (χ3v) is 5.45. The van der Waals surface area contributed by atoms with Gasteiger partial charge in [0.05, 0.1) is 11.6 Å². The van der Waals surface area contributed by atoms with E-state index in [0.717, 1.165) is 5.56 Å². The molecule has 0 bridgehead atoms. The van der Waals surface area contributed by atoms with Gasteiger partial charge in [0.2, 0.25) is 0 Å². The fraction of sp³-hybridized carbons (Fsp3) is 0.167. The van der Waals surface area contributed by atoms with Gasteiger partial charge in [-0.05, 0) is 47.5 Å². The first-order valence-corrected chi connectivity index (χ1v) is 10.1. The summed E-state index contributed by atoms with van der Waals surface area (Å²) in [5.74, 6) is -0.658. The Hall–Kier alpha value is -4.20. The van der Waals surface area contributed by atoms with E-state index in [1.807, 2.05) is 6.07 Å². The molecule has 0 saturated carbocycles. The highest BCUT2D eigenvalue weighted by Gasteiger charge is 2.46. The van der Waals surface area contributed by atoms with Crippen LogP contribution in [0.5, 0.6) is 11.5 Å². The molecule has 0 radical (unpaired) electrons.